The van der Waals surface area contributed by atoms with E-state index in [1.165, 1.54) is 42.5 Å². The van der Waals surface area contributed by atoms with Gasteiger partial charge in [0.05, 0.1) is 10.6 Å². The van der Waals surface area contributed by atoms with Crippen LogP contribution in [0.1, 0.15) is 23.2 Å². The molecule has 0 aliphatic heterocycles. The van der Waals surface area contributed by atoms with Crippen molar-refractivity contribution in [3.63, 3.8) is 0 Å². The van der Waals surface area contributed by atoms with Gasteiger partial charge in [-0.3, -0.25) is 4.79 Å². The average molecular weight is 348 g/mol. The van der Waals surface area contributed by atoms with E-state index in [9.17, 15) is 17.6 Å². The number of benzene rings is 2. The molecule has 1 aliphatic rings. The fourth-order valence-corrected chi connectivity index (χ4v) is 3.36. The Hall–Kier alpha value is -2.25. The summed E-state index contributed by atoms with van der Waals surface area (Å²) in [5.74, 6) is -0.715. The number of amides is 1. The second kappa shape index (κ2) is 6.70. The molecular formula is C17H17FN2O3S. The smallest absolute Gasteiger partial charge is 0.255 e. The number of hydrogen-bond acceptors (Lipinski definition) is 3. The molecule has 0 aromatic heterocycles. The van der Waals surface area contributed by atoms with Gasteiger partial charge in [-0.25, -0.2) is 17.5 Å². The molecule has 0 bridgehead atoms. The highest BCUT2D eigenvalue weighted by Crippen LogP contribution is 2.28. The van der Waals surface area contributed by atoms with E-state index in [4.69, 9.17) is 0 Å². The summed E-state index contributed by atoms with van der Waals surface area (Å²) in [5.41, 5.74) is 0.190. The molecule has 126 valence electrons. The summed E-state index contributed by atoms with van der Waals surface area (Å²) in [5, 5.41) is 2.44. The predicted octanol–water partition coefficient (Wildman–Crippen LogP) is 2.77. The topological polar surface area (TPSA) is 75.3 Å². The van der Waals surface area contributed by atoms with Gasteiger partial charge < -0.3 is 5.32 Å². The van der Waals surface area contributed by atoms with E-state index < -0.39 is 21.7 Å². The van der Waals surface area contributed by atoms with Crippen molar-refractivity contribution < 1.29 is 17.6 Å². The maximum absolute atomic E-state index is 13.6. The minimum absolute atomic E-state index is 0.0179. The lowest BCUT2D eigenvalue weighted by Gasteiger charge is -2.09. The van der Waals surface area contributed by atoms with E-state index in [2.05, 4.69) is 10.0 Å². The standard InChI is InChI=1S/C17H17FN2O3S/c18-15-6-1-2-7-16(15)20-17(21)13-4-3-5-14(10-13)24(22,23)19-11-12-8-9-12/h1-7,10,12,19H,8-9,11H2,(H,20,21). The van der Waals surface area contributed by atoms with E-state index in [0.717, 1.165) is 12.8 Å². The third-order valence-electron chi connectivity index (χ3n) is 3.79. The maximum Gasteiger partial charge on any atom is 0.255 e. The molecule has 2 N–H and O–H groups in total. The van der Waals surface area contributed by atoms with Crippen LogP contribution in [0.15, 0.2) is 53.4 Å². The van der Waals surface area contributed by atoms with Crippen molar-refractivity contribution in [3.8, 4) is 0 Å². The van der Waals surface area contributed by atoms with Crippen molar-refractivity contribution in [1.82, 2.24) is 4.72 Å². The van der Waals surface area contributed by atoms with Gasteiger partial charge in [-0.15, -0.1) is 0 Å². The van der Waals surface area contributed by atoms with Gasteiger partial charge in [0.2, 0.25) is 10.0 Å². The Bertz CT molecular complexity index is 864. The monoisotopic (exact) mass is 348 g/mol. The van der Waals surface area contributed by atoms with Gasteiger partial charge in [0.15, 0.2) is 0 Å². The maximum atomic E-state index is 13.6. The first-order valence-corrected chi connectivity index (χ1v) is 9.09. The lowest BCUT2D eigenvalue weighted by atomic mass is 10.2. The number of hydrogen-bond donors (Lipinski definition) is 2. The Kier molecular flexibility index (Phi) is 4.64. The Morgan fingerprint density at radius 2 is 1.88 bits per heavy atom. The van der Waals surface area contributed by atoms with Crippen molar-refractivity contribution >= 4 is 21.6 Å². The zero-order chi connectivity index (χ0) is 17.2. The largest absolute Gasteiger partial charge is 0.319 e. The molecule has 0 spiro atoms. The summed E-state index contributed by atoms with van der Waals surface area (Å²) in [6, 6.07) is 11.5. The van der Waals surface area contributed by atoms with Crippen molar-refractivity contribution in [3.05, 3.63) is 59.9 Å². The summed E-state index contributed by atoms with van der Waals surface area (Å²) in [6.07, 6.45) is 2.07. The minimum atomic E-state index is -3.66. The van der Waals surface area contributed by atoms with Crippen LogP contribution < -0.4 is 10.0 Å². The zero-order valence-electron chi connectivity index (χ0n) is 12.8. The molecule has 0 heterocycles. The fourth-order valence-electron chi connectivity index (χ4n) is 2.19. The number of para-hydroxylation sites is 1. The highest BCUT2D eigenvalue weighted by Gasteiger charge is 2.24. The van der Waals surface area contributed by atoms with E-state index in [-0.39, 0.29) is 16.1 Å². The summed E-state index contributed by atoms with van der Waals surface area (Å²) in [7, 11) is -3.66. The van der Waals surface area contributed by atoms with Gasteiger partial charge in [-0.2, -0.15) is 0 Å². The quantitative estimate of drug-likeness (QED) is 0.843. The number of carbonyl (C=O) groups excluding carboxylic acids is 1. The third-order valence-corrected chi connectivity index (χ3v) is 5.21. The van der Waals surface area contributed by atoms with Gasteiger partial charge in [-0.1, -0.05) is 18.2 Å². The third kappa shape index (κ3) is 3.98. The highest BCUT2D eigenvalue weighted by molar-refractivity contribution is 7.89. The lowest BCUT2D eigenvalue weighted by molar-refractivity contribution is 0.102. The van der Waals surface area contributed by atoms with Crippen LogP contribution in [-0.4, -0.2) is 20.9 Å². The first-order valence-electron chi connectivity index (χ1n) is 7.61. The fraction of sp³-hybridized carbons (Fsp3) is 0.235. The molecule has 3 rings (SSSR count). The lowest BCUT2D eigenvalue weighted by Crippen LogP contribution is -2.26. The Labute approximate surface area is 139 Å². The molecule has 7 heteroatoms. The molecule has 2 aromatic rings. The molecule has 5 nitrogen and oxygen atoms in total. The normalized spacial score (nSPS) is 14.4. The summed E-state index contributed by atoms with van der Waals surface area (Å²) < 4.78 is 40.6. The van der Waals surface area contributed by atoms with Crippen LogP contribution in [0.5, 0.6) is 0 Å². The van der Waals surface area contributed by atoms with Gasteiger partial charge in [0.25, 0.3) is 5.91 Å². The molecular weight excluding hydrogens is 331 g/mol. The van der Waals surface area contributed by atoms with Crippen LogP contribution in [-0.2, 0) is 10.0 Å². The van der Waals surface area contributed by atoms with E-state index in [1.807, 2.05) is 0 Å². The summed E-state index contributed by atoms with van der Waals surface area (Å²) in [4.78, 5) is 12.2. The van der Waals surface area contributed by atoms with Crippen LogP contribution in [0.2, 0.25) is 0 Å². The molecule has 1 amide bonds. The minimum Gasteiger partial charge on any atom is -0.319 e. The number of nitrogens with one attached hydrogen (secondary N) is 2. The van der Waals surface area contributed by atoms with Gasteiger partial charge >= 0.3 is 0 Å². The Balaban J connectivity index is 1.76. The molecule has 2 aromatic carbocycles. The molecule has 1 fully saturated rings. The van der Waals surface area contributed by atoms with Gasteiger partial charge in [-0.05, 0) is 49.1 Å². The Morgan fingerprint density at radius 3 is 2.58 bits per heavy atom. The molecule has 24 heavy (non-hydrogen) atoms. The van der Waals surface area contributed by atoms with Crippen LogP contribution in [0.4, 0.5) is 10.1 Å². The van der Waals surface area contributed by atoms with Gasteiger partial charge in [0, 0.05) is 12.1 Å². The second-order valence-electron chi connectivity index (χ2n) is 5.76. The highest BCUT2D eigenvalue weighted by atomic mass is 32.2. The average Bonchev–Trinajstić information content (AvgIpc) is 3.40. The van der Waals surface area contributed by atoms with Crippen LogP contribution >= 0.6 is 0 Å². The van der Waals surface area contributed by atoms with Gasteiger partial charge in [0.1, 0.15) is 5.82 Å². The number of rotatable bonds is 6. The number of sulfonamides is 1. The van der Waals surface area contributed by atoms with Crippen molar-refractivity contribution in [2.45, 2.75) is 17.7 Å². The molecule has 1 saturated carbocycles. The predicted molar refractivity (Wildman–Crippen MR) is 88.7 cm³/mol. The summed E-state index contributed by atoms with van der Waals surface area (Å²) in [6.45, 7) is 0.411. The molecule has 0 unspecified atom stereocenters. The molecule has 1 aliphatic carbocycles. The van der Waals surface area contributed by atoms with Crippen LogP contribution in [0.3, 0.4) is 0 Å². The zero-order valence-corrected chi connectivity index (χ0v) is 13.6. The summed E-state index contributed by atoms with van der Waals surface area (Å²) >= 11 is 0. The van der Waals surface area contributed by atoms with E-state index in [1.54, 1.807) is 6.07 Å². The van der Waals surface area contributed by atoms with Crippen LogP contribution in [0, 0.1) is 11.7 Å². The van der Waals surface area contributed by atoms with E-state index in [0.29, 0.717) is 12.5 Å². The van der Waals surface area contributed by atoms with Crippen molar-refractivity contribution in [1.29, 1.82) is 0 Å². The van der Waals surface area contributed by atoms with Crippen molar-refractivity contribution in [2.24, 2.45) is 5.92 Å². The van der Waals surface area contributed by atoms with E-state index >= 15 is 0 Å². The number of halogens is 1. The number of carbonyl (C=O) groups is 1. The SMILES string of the molecule is O=C(Nc1ccccc1F)c1cccc(S(=O)(=O)NCC2CC2)c1. The second-order valence-corrected chi connectivity index (χ2v) is 7.52. The first-order chi connectivity index (χ1) is 11.5. The molecule has 0 atom stereocenters. The van der Waals surface area contributed by atoms with Crippen LogP contribution in [0.25, 0.3) is 0 Å². The first kappa shape index (κ1) is 16.6. The van der Waals surface area contributed by atoms with Crippen molar-refractivity contribution in [2.75, 3.05) is 11.9 Å². The Morgan fingerprint density at radius 1 is 1.12 bits per heavy atom. The molecule has 0 saturated heterocycles. The molecule has 0 radical (unpaired) electrons. The number of anilines is 1.